The minimum Gasteiger partial charge on any atom is -0.339 e. The van der Waals surface area contributed by atoms with E-state index in [1.807, 2.05) is 0 Å². The van der Waals surface area contributed by atoms with E-state index in [4.69, 9.17) is 0 Å². The molecule has 8 nitrogen and oxygen atoms in total. The van der Waals surface area contributed by atoms with E-state index >= 15 is 0 Å². The summed E-state index contributed by atoms with van der Waals surface area (Å²) in [5.41, 5.74) is 0.577. The van der Waals surface area contributed by atoms with E-state index in [1.165, 1.54) is 17.0 Å². The molecule has 0 radical (unpaired) electrons. The van der Waals surface area contributed by atoms with E-state index in [1.54, 1.807) is 26.1 Å². The molecule has 0 N–H and O–H groups in total. The molecule has 0 heterocycles. The van der Waals surface area contributed by atoms with Gasteiger partial charge in [0.25, 0.3) is 5.69 Å². The van der Waals surface area contributed by atoms with Crippen molar-refractivity contribution < 1.29 is 14.6 Å². The zero-order chi connectivity index (χ0) is 15.7. The summed E-state index contributed by atoms with van der Waals surface area (Å²) in [7, 11) is 1.56. The van der Waals surface area contributed by atoms with E-state index < -0.39 is 21.8 Å². The highest BCUT2D eigenvalue weighted by Gasteiger charge is 2.54. The first-order chi connectivity index (χ1) is 9.82. The summed E-state index contributed by atoms with van der Waals surface area (Å²) in [6, 6.07) is 4.86. The lowest BCUT2D eigenvalue weighted by molar-refractivity contribution is -0.497. The molecule has 1 aliphatic rings. The minimum absolute atomic E-state index is 0.0465. The Hall–Kier alpha value is -2.51. The number of non-ortho nitro benzene ring substituents is 1. The Bertz CT molecular complexity index is 603. The molecule has 1 amide bonds. The van der Waals surface area contributed by atoms with E-state index in [2.05, 4.69) is 0 Å². The van der Waals surface area contributed by atoms with Crippen LogP contribution in [0, 0.1) is 26.1 Å². The maximum Gasteiger partial charge on any atom is 0.269 e. The van der Waals surface area contributed by atoms with Crippen LogP contribution in [0.25, 0.3) is 0 Å². The van der Waals surface area contributed by atoms with Gasteiger partial charge in [-0.25, -0.2) is 0 Å². The number of nitrogens with zero attached hydrogens (tertiary/aromatic N) is 3. The molecule has 0 saturated heterocycles. The van der Waals surface area contributed by atoms with Gasteiger partial charge in [-0.3, -0.25) is 25.0 Å². The third-order valence-electron chi connectivity index (χ3n) is 3.84. The van der Waals surface area contributed by atoms with Gasteiger partial charge in [-0.2, -0.15) is 0 Å². The zero-order valence-electron chi connectivity index (χ0n) is 11.6. The maximum absolute atomic E-state index is 12.1. The third-order valence-corrected chi connectivity index (χ3v) is 3.84. The second kappa shape index (κ2) is 5.47. The van der Waals surface area contributed by atoms with Crippen LogP contribution in [0.3, 0.4) is 0 Å². The lowest BCUT2D eigenvalue weighted by atomic mass is 10.1. The van der Waals surface area contributed by atoms with Crippen molar-refractivity contribution in [3.8, 4) is 0 Å². The van der Waals surface area contributed by atoms with Crippen LogP contribution in [0.15, 0.2) is 24.3 Å². The van der Waals surface area contributed by atoms with E-state index in [0.29, 0.717) is 5.56 Å². The van der Waals surface area contributed by atoms with Gasteiger partial charge >= 0.3 is 0 Å². The molecule has 0 unspecified atom stereocenters. The van der Waals surface area contributed by atoms with Crippen molar-refractivity contribution in [3.05, 3.63) is 50.1 Å². The first kappa shape index (κ1) is 14.9. The van der Waals surface area contributed by atoms with Crippen molar-refractivity contribution >= 4 is 11.6 Å². The van der Waals surface area contributed by atoms with Gasteiger partial charge in [0.2, 0.25) is 11.9 Å². The highest BCUT2D eigenvalue weighted by molar-refractivity contribution is 5.82. The molecular weight excluding hydrogens is 278 g/mol. The molecule has 1 aromatic carbocycles. The lowest BCUT2D eigenvalue weighted by Crippen LogP contribution is -2.32. The van der Waals surface area contributed by atoms with Crippen molar-refractivity contribution in [2.75, 3.05) is 7.05 Å². The molecule has 0 bridgehead atoms. The molecular formula is C13H15N3O5. The number of nitro benzene ring substituents is 1. The van der Waals surface area contributed by atoms with Crippen LogP contribution in [0.4, 0.5) is 5.69 Å². The largest absolute Gasteiger partial charge is 0.339 e. The molecule has 0 aromatic heterocycles. The van der Waals surface area contributed by atoms with Gasteiger partial charge in [-0.1, -0.05) is 12.1 Å². The van der Waals surface area contributed by atoms with Crippen LogP contribution in [-0.2, 0) is 4.79 Å². The number of hydrogen-bond donors (Lipinski definition) is 0. The van der Waals surface area contributed by atoms with Gasteiger partial charge in [0.1, 0.15) is 5.92 Å². The van der Waals surface area contributed by atoms with Gasteiger partial charge in [0.15, 0.2) is 0 Å². The van der Waals surface area contributed by atoms with Crippen molar-refractivity contribution in [1.82, 2.24) is 4.90 Å². The molecule has 1 saturated carbocycles. The Kier molecular flexibility index (Phi) is 3.88. The number of rotatable bonds is 5. The van der Waals surface area contributed by atoms with Gasteiger partial charge in [-0.15, -0.1) is 0 Å². The number of carbonyl (C=O) groups is 1. The molecule has 8 heteroatoms. The summed E-state index contributed by atoms with van der Waals surface area (Å²) in [5.74, 6) is -0.873. The molecule has 21 heavy (non-hydrogen) atoms. The smallest absolute Gasteiger partial charge is 0.269 e. The van der Waals surface area contributed by atoms with Crippen molar-refractivity contribution in [1.29, 1.82) is 0 Å². The van der Waals surface area contributed by atoms with Gasteiger partial charge in [0, 0.05) is 30.5 Å². The van der Waals surface area contributed by atoms with Gasteiger partial charge in [-0.05, 0) is 12.5 Å². The SMILES string of the molecule is C[C@H](c1cccc([N+](=O)[O-])c1)N(C)C(=O)[C@@H]1C[C@@H]1[N+](=O)[O-]. The van der Waals surface area contributed by atoms with Crippen molar-refractivity contribution in [2.45, 2.75) is 25.4 Å². The first-order valence-electron chi connectivity index (χ1n) is 6.47. The molecule has 0 aliphatic heterocycles. The number of benzene rings is 1. The van der Waals surface area contributed by atoms with Crippen LogP contribution in [0.1, 0.15) is 24.9 Å². The summed E-state index contributed by atoms with van der Waals surface area (Å²) in [6.45, 7) is 1.74. The predicted molar refractivity (Wildman–Crippen MR) is 73.2 cm³/mol. The number of amides is 1. The van der Waals surface area contributed by atoms with E-state index in [-0.39, 0.29) is 24.1 Å². The zero-order valence-corrected chi connectivity index (χ0v) is 11.6. The topological polar surface area (TPSA) is 107 Å². The predicted octanol–water partition coefficient (Wildman–Crippen LogP) is 1.78. The van der Waals surface area contributed by atoms with Crippen molar-refractivity contribution in [2.24, 2.45) is 5.92 Å². The summed E-state index contributed by atoms with van der Waals surface area (Å²) in [5, 5.41) is 21.4. The highest BCUT2D eigenvalue weighted by Crippen LogP contribution is 2.36. The Morgan fingerprint density at radius 1 is 1.38 bits per heavy atom. The van der Waals surface area contributed by atoms with Crippen molar-refractivity contribution in [3.63, 3.8) is 0 Å². The second-order valence-corrected chi connectivity index (χ2v) is 5.17. The maximum atomic E-state index is 12.1. The van der Waals surface area contributed by atoms with E-state index in [0.717, 1.165) is 0 Å². The number of hydrogen-bond acceptors (Lipinski definition) is 5. The van der Waals surface area contributed by atoms with Crippen LogP contribution >= 0.6 is 0 Å². The molecule has 2 rings (SSSR count). The fourth-order valence-corrected chi connectivity index (χ4v) is 2.25. The third kappa shape index (κ3) is 2.99. The molecule has 1 fully saturated rings. The number of carbonyl (C=O) groups excluding carboxylic acids is 1. The Balaban J connectivity index is 2.11. The Morgan fingerprint density at radius 2 is 2.05 bits per heavy atom. The van der Waals surface area contributed by atoms with Crippen LogP contribution in [0.5, 0.6) is 0 Å². The average molecular weight is 293 g/mol. The Morgan fingerprint density at radius 3 is 2.57 bits per heavy atom. The minimum atomic E-state index is -0.794. The normalized spacial score (nSPS) is 21.4. The fraction of sp³-hybridized carbons (Fsp3) is 0.462. The summed E-state index contributed by atoms with van der Waals surface area (Å²) < 4.78 is 0. The highest BCUT2D eigenvalue weighted by atomic mass is 16.6. The fourth-order valence-electron chi connectivity index (χ4n) is 2.25. The lowest BCUT2D eigenvalue weighted by Gasteiger charge is -2.25. The molecule has 1 aromatic rings. The van der Waals surface area contributed by atoms with Crippen LogP contribution < -0.4 is 0 Å². The summed E-state index contributed by atoms with van der Waals surface area (Å²) in [6.07, 6.45) is 0.262. The first-order valence-corrected chi connectivity index (χ1v) is 6.47. The monoisotopic (exact) mass is 293 g/mol. The average Bonchev–Trinajstić information content (AvgIpc) is 3.25. The molecule has 3 atom stereocenters. The second-order valence-electron chi connectivity index (χ2n) is 5.17. The van der Waals surface area contributed by atoms with Crippen LogP contribution in [0.2, 0.25) is 0 Å². The standard InChI is InChI=1S/C13H15N3O5/c1-8(9-4-3-5-10(6-9)15(18)19)14(2)13(17)11-7-12(11)16(20)21/h3-6,8,11-12H,7H2,1-2H3/t8-,11-,12+/m1/s1. The quantitative estimate of drug-likeness (QED) is 0.607. The van der Waals surface area contributed by atoms with Gasteiger partial charge < -0.3 is 4.90 Å². The summed E-state index contributed by atoms with van der Waals surface area (Å²) in [4.78, 5) is 34.0. The Labute approximate surface area is 120 Å². The van der Waals surface area contributed by atoms with E-state index in [9.17, 15) is 25.0 Å². The number of nitro groups is 2. The van der Waals surface area contributed by atoms with Gasteiger partial charge in [0.05, 0.1) is 11.0 Å². The molecule has 112 valence electrons. The molecule has 0 spiro atoms. The van der Waals surface area contributed by atoms with Crippen LogP contribution in [-0.4, -0.2) is 33.7 Å². The molecule has 1 aliphatic carbocycles. The summed E-state index contributed by atoms with van der Waals surface area (Å²) >= 11 is 0.